The Morgan fingerprint density at radius 3 is 2.17 bits per heavy atom. The van der Waals surface area contributed by atoms with E-state index in [9.17, 15) is 26.3 Å². The number of halogens is 6. The predicted octanol–water partition coefficient (Wildman–Crippen LogP) is 4.01. The molecule has 1 N–H and O–H groups in total. The van der Waals surface area contributed by atoms with Crippen LogP contribution < -0.4 is 10.1 Å². The first-order valence-corrected chi connectivity index (χ1v) is 6.13. The van der Waals surface area contributed by atoms with E-state index in [1.165, 1.54) is 18.2 Å². The Kier molecular flexibility index (Phi) is 4.62. The summed E-state index contributed by atoms with van der Waals surface area (Å²) in [6.07, 6.45) is -9.46. The van der Waals surface area contributed by atoms with Crippen molar-refractivity contribution in [3.63, 3.8) is 0 Å². The van der Waals surface area contributed by atoms with E-state index in [4.69, 9.17) is 0 Å². The molecule has 1 heterocycles. The molecule has 0 aliphatic rings. The number of para-hydroxylation sites is 1. The molecule has 0 bridgehead atoms. The lowest BCUT2D eigenvalue weighted by atomic mass is 10.2. The van der Waals surface area contributed by atoms with Gasteiger partial charge in [0, 0.05) is 12.1 Å². The van der Waals surface area contributed by atoms with Crippen LogP contribution in [0.4, 0.5) is 32.2 Å². The molecule has 23 heavy (non-hydrogen) atoms. The van der Waals surface area contributed by atoms with Crippen molar-refractivity contribution in [2.45, 2.75) is 19.1 Å². The standard InChI is InChI=1S/C13H9F6N3O/c14-12(15,16)10-5-6-11(22-21-10)20-7-8-3-1-2-4-9(8)23-13(17,18)19/h1-6H,7H2,(H,20,22). The van der Waals surface area contributed by atoms with E-state index in [-0.39, 0.29) is 17.9 Å². The maximum atomic E-state index is 12.3. The van der Waals surface area contributed by atoms with Gasteiger partial charge in [-0.05, 0) is 18.2 Å². The molecule has 0 atom stereocenters. The zero-order valence-corrected chi connectivity index (χ0v) is 11.2. The van der Waals surface area contributed by atoms with Crippen molar-refractivity contribution >= 4 is 5.82 Å². The van der Waals surface area contributed by atoms with Gasteiger partial charge in [-0.3, -0.25) is 0 Å². The van der Waals surface area contributed by atoms with Gasteiger partial charge in [0.15, 0.2) is 5.69 Å². The monoisotopic (exact) mass is 337 g/mol. The molecule has 0 aliphatic carbocycles. The first-order chi connectivity index (χ1) is 10.6. The molecular formula is C13H9F6N3O. The highest BCUT2D eigenvalue weighted by molar-refractivity contribution is 5.39. The number of rotatable bonds is 4. The minimum absolute atomic E-state index is 0.0141. The Labute approximate surface area is 126 Å². The van der Waals surface area contributed by atoms with Crippen LogP contribution in [-0.2, 0) is 12.7 Å². The number of anilines is 1. The summed E-state index contributed by atoms with van der Waals surface area (Å²) in [6.45, 7) is -0.133. The number of aromatic nitrogens is 2. The second kappa shape index (κ2) is 6.31. The summed E-state index contributed by atoms with van der Waals surface area (Å²) in [7, 11) is 0. The van der Waals surface area contributed by atoms with Gasteiger partial charge in [0.25, 0.3) is 0 Å². The van der Waals surface area contributed by atoms with Crippen molar-refractivity contribution in [3.05, 3.63) is 47.7 Å². The Bertz CT molecular complexity index is 654. The van der Waals surface area contributed by atoms with Gasteiger partial charge in [0.1, 0.15) is 11.6 Å². The van der Waals surface area contributed by atoms with Crippen molar-refractivity contribution in [3.8, 4) is 5.75 Å². The molecule has 4 nitrogen and oxygen atoms in total. The number of nitrogens with one attached hydrogen (secondary N) is 1. The van der Waals surface area contributed by atoms with Crippen LogP contribution in [0.2, 0.25) is 0 Å². The van der Waals surface area contributed by atoms with Crippen molar-refractivity contribution in [1.29, 1.82) is 0 Å². The number of hydrogen-bond donors (Lipinski definition) is 1. The summed E-state index contributed by atoms with van der Waals surface area (Å²) in [5.41, 5.74) is -1.00. The van der Waals surface area contributed by atoms with Crippen molar-refractivity contribution in [1.82, 2.24) is 10.2 Å². The summed E-state index contributed by atoms with van der Waals surface area (Å²) in [4.78, 5) is 0. The van der Waals surface area contributed by atoms with Crippen molar-refractivity contribution in [2.24, 2.45) is 0 Å². The quantitative estimate of drug-likeness (QED) is 0.857. The van der Waals surface area contributed by atoms with E-state index in [2.05, 4.69) is 20.3 Å². The second-order valence-electron chi connectivity index (χ2n) is 4.31. The molecule has 1 aromatic heterocycles. The molecule has 10 heteroatoms. The van der Waals surface area contributed by atoms with Crippen LogP contribution in [0.25, 0.3) is 0 Å². The summed E-state index contributed by atoms with van der Waals surface area (Å²) in [6, 6.07) is 7.12. The molecule has 0 radical (unpaired) electrons. The van der Waals surface area contributed by atoms with E-state index >= 15 is 0 Å². The van der Waals surface area contributed by atoms with Gasteiger partial charge in [0.2, 0.25) is 0 Å². The smallest absolute Gasteiger partial charge is 0.405 e. The van der Waals surface area contributed by atoms with Crippen LogP contribution >= 0.6 is 0 Å². The number of alkyl halides is 6. The number of hydrogen-bond acceptors (Lipinski definition) is 4. The third-order valence-corrected chi connectivity index (χ3v) is 2.61. The molecule has 2 aromatic rings. The molecule has 124 valence electrons. The second-order valence-corrected chi connectivity index (χ2v) is 4.31. The SMILES string of the molecule is FC(F)(F)Oc1ccccc1CNc1ccc(C(F)(F)F)nn1. The fourth-order valence-corrected chi connectivity index (χ4v) is 1.64. The first kappa shape index (κ1) is 16.8. The Balaban J connectivity index is 2.07. The highest BCUT2D eigenvalue weighted by Gasteiger charge is 2.33. The molecule has 2 rings (SSSR count). The molecule has 0 unspecified atom stereocenters. The summed E-state index contributed by atoms with van der Waals surface area (Å²) < 4.78 is 77.7. The number of nitrogens with zero attached hydrogens (tertiary/aromatic N) is 2. The fourth-order valence-electron chi connectivity index (χ4n) is 1.64. The number of benzene rings is 1. The lowest BCUT2D eigenvalue weighted by Crippen LogP contribution is -2.18. The molecular weight excluding hydrogens is 328 g/mol. The molecule has 1 aromatic carbocycles. The minimum Gasteiger partial charge on any atom is -0.405 e. The largest absolute Gasteiger partial charge is 0.573 e. The van der Waals surface area contributed by atoms with Crippen LogP contribution in [0.5, 0.6) is 5.75 Å². The Morgan fingerprint density at radius 1 is 0.913 bits per heavy atom. The normalized spacial score (nSPS) is 12.1. The third kappa shape index (κ3) is 5.01. The Hall–Kier alpha value is -2.52. The highest BCUT2D eigenvalue weighted by atomic mass is 19.4. The molecule has 0 saturated heterocycles. The van der Waals surface area contributed by atoms with Gasteiger partial charge in [-0.25, -0.2) is 0 Å². The predicted molar refractivity (Wildman–Crippen MR) is 67.5 cm³/mol. The van der Waals surface area contributed by atoms with Crippen LogP contribution in [0, 0.1) is 0 Å². The van der Waals surface area contributed by atoms with E-state index in [1.807, 2.05) is 0 Å². The van der Waals surface area contributed by atoms with Crippen LogP contribution in [0.1, 0.15) is 11.3 Å². The summed E-state index contributed by atoms with van der Waals surface area (Å²) in [5, 5.41) is 8.89. The minimum atomic E-state index is -4.84. The average molecular weight is 337 g/mol. The van der Waals surface area contributed by atoms with Crippen molar-refractivity contribution < 1.29 is 31.1 Å². The third-order valence-electron chi connectivity index (χ3n) is 2.61. The van der Waals surface area contributed by atoms with Crippen LogP contribution in [0.15, 0.2) is 36.4 Å². The van der Waals surface area contributed by atoms with Gasteiger partial charge in [-0.15, -0.1) is 23.4 Å². The lowest BCUT2D eigenvalue weighted by molar-refractivity contribution is -0.274. The van der Waals surface area contributed by atoms with Gasteiger partial charge in [0.05, 0.1) is 0 Å². The summed E-state index contributed by atoms with van der Waals surface area (Å²) in [5.74, 6) is -0.424. The van der Waals surface area contributed by atoms with E-state index in [1.54, 1.807) is 0 Å². The van der Waals surface area contributed by atoms with E-state index < -0.39 is 24.0 Å². The molecule has 0 aliphatic heterocycles. The molecule has 0 fully saturated rings. The summed E-state index contributed by atoms with van der Waals surface area (Å²) >= 11 is 0. The maximum absolute atomic E-state index is 12.3. The van der Waals surface area contributed by atoms with Crippen LogP contribution in [0.3, 0.4) is 0 Å². The average Bonchev–Trinajstić information content (AvgIpc) is 2.44. The van der Waals surface area contributed by atoms with Gasteiger partial charge >= 0.3 is 12.5 Å². The molecule has 0 spiro atoms. The van der Waals surface area contributed by atoms with E-state index in [0.717, 1.165) is 12.1 Å². The highest BCUT2D eigenvalue weighted by Crippen LogP contribution is 2.28. The molecule has 0 saturated carbocycles. The Morgan fingerprint density at radius 2 is 1.61 bits per heavy atom. The first-order valence-electron chi connectivity index (χ1n) is 6.13. The van der Waals surface area contributed by atoms with Crippen molar-refractivity contribution in [2.75, 3.05) is 5.32 Å². The maximum Gasteiger partial charge on any atom is 0.573 e. The topological polar surface area (TPSA) is 47.0 Å². The van der Waals surface area contributed by atoms with Crippen LogP contribution in [-0.4, -0.2) is 16.6 Å². The molecule has 0 amide bonds. The zero-order chi connectivity index (χ0) is 17.1. The van der Waals surface area contributed by atoms with Gasteiger partial charge in [-0.1, -0.05) is 18.2 Å². The van der Waals surface area contributed by atoms with E-state index in [0.29, 0.717) is 6.07 Å². The zero-order valence-electron chi connectivity index (χ0n) is 11.2. The lowest BCUT2D eigenvalue weighted by Gasteiger charge is -2.13. The van der Waals surface area contributed by atoms with Gasteiger partial charge < -0.3 is 10.1 Å². The number of ether oxygens (including phenoxy) is 1. The van der Waals surface area contributed by atoms with Gasteiger partial charge in [-0.2, -0.15) is 13.2 Å². The fraction of sp³-hybridized carbons (Fsp3) is 0.231.